The van der Waals surface area contributed by atoms with E-state index in [1.165, 1.54) is 12.8 Å². The van der Waals surface area contributed by atoms with Gasteiger partial charge in [-0.25, -0.2) is 0 Å². The van der Waals surface area contributed by atoms with Crippen molar-refractivity contribution in [2.75, 3.05) is 6.54 Å². The van der Waals surface area contributed by atoms with Crippen LogP contribution in [0.3, 0.4) is 0 Å². The van der Waals surface area contributed by atoms with E-state index in [2.05, 4.69) is 10.4 Å². The molecule has 0 amide bonds. The summed E-state index contributed by atoms with van der Waals surface area (Å²) < 4.78 is 37.7. The van der Waals surface area contributed by atoms with Crippen molar-refractivity contribution in [3.8, 4) is 0 Å². The summed E-state index contributed by atoms with van der Waals surface area (Å²) in [6, 6.07) is 2.35. The molecule has 0 radical (unpaired) electrons. The van der Waals surface area contributed by atoms with Crippen LogP contribution in [0.25, 0.3) is 0 Å². The van der Waals surface area contributed by atoms with Gasteiger partial charge in [0.1, 0.15) is 0 Å². The van der Waals surface area contributed by atoms with Crippen LogP contribution in [0.15, 0.2) is 12.3 Å². The first kappa shape index (κ1) is 13.4. The topological polar surface area (TPSA) is 29.9 Å². The van der Waals surface area contributed by atoms with Gasteiger partial charge in [-0.3, -0.25) is 4.68 Å². The Kier molecular flexibility index (Phi) is 4.27. The van der Waals surface area contributed by atoms with Crippen LogP contribution in [-0.2, 0) is 6.54 Å². The van der Waals surface area contributed by atoms with Crippen LogP contribution in [0, 0.1) is 0 Å². The molecule has 1 saturated carbocycles. The van der Waals surface area contributed by atoms with Crippen LogP contribution < -0.4 is 5.32 Å². The standard InChI is InChI=1S/C12H18F3N3/c13-12(14,15)6-7-16-9-10-5-8-18(17-10)11-3-1-2-4-11/h5,8,11,16H,1-4,6-7,9H2. The highest BCUT2D eigenvalue weighted by Crippen LogP contribution is 2.28. The summed E-state index contributed by atoms with van der Waals surface area (Å²) in [5.74, 6) is 0. The van der Waals surface area contributed by atoms with Crippen LogP contribution >= 0.6 is 0 Å². The molecule has 1 heterocycles. The number of alkyl halides is 3. The van der Waals surface area contributed by atoms with Crippen molar-refractivity contribution in [2.24, 2.45) is 0 Å². The monoisotopic (exact) mass is 261 g/mol. The summed E-state index contributed by atoms with van der Waals surface area (Å²) in [6.07, 6.45) is 1.84. The van der Waals surface area contributed by atoms with Crippen molar-refractivity contribution in [1.29, 1.82) is 0 Å². The summed E-state index contributed by atoms with van der Waals surface area (Å²) in [4.78, 5) is 0. The van der Waals surface area contributed by atoms with Crippen molar-refractivity contribution in [2.45, 2.75) is 50.9 Å². The molecular formula is C12H18F3N3. The third-order valence-corrected chi connectivity index (χ3v) is 3.25. The molecular weight excluding hydrogens is 243 g/mol. The maximum Gasteiger partial charge on any atom is 0.390 e. The largest absolute Gasteiger partial charge is 0.390 e. The van der Waals surface area contributed by atoms with Gasteiger partial charge in [0.2, 0.25) is 0 Å². The molecule has 1 N–H and O–H groups in total. The molecule has 1 aliphatic rings. The van der Waals surface area contributed by atoms with Gasteiger partial charge in [-0.05, 0) is 18.9 Å². The van der Waals surface area contributed by atoms with Crippen molar-refractivity contribution in [3.63, 3.8) is 0 Å². The minimum Gasteiger partial charge on any atom is -0.311 e. The Morgan fingerprint density at radius 3 is 2.72 bits per heavy atom. The van der Waals surface area contributed by atoms with Crippen LogP contribution in [0.4, 0.5) is 13.2 Å². The van der Waals surface area contributed by atoms with Crippen LogP contribution in [-0.4, -0.2) is 22.5 Å². The quantitative estimate of drug-likeness (QED) is 0.826. The smallest absolute Gasteiger partial charge is 0.311 e. The second-order valence-electron chi connectivity index (χ2n) is 4.77. The van der Waals surface area contributed by atoms with E-state index in [0.29, 0.717) is 12.6 Å². The molecule has 102 valence electrons. The second kappa shape index (κ2) is 5.73. The van der Waals surface area contributed by atoms with Gasteiger partial charge in [-0.15, -0.1) is 0 Å². The lowest BCUT2D eigenvalue weighted by Gasteiger charge is -2.09. The van der Waals surface area contributed by atoms with Gasteiger partial charge in [-0.1, -0.05) is 12.8 Å². The molecule has 3 nitrogen and oxygen atoms in total. The van der Waals surface area contributed by atoms with Gasteiger partial charge in [0.05, 0.1) is 18.2 Å². The minimum atomic E-state index is -4.09. The molecule has 0 aromatic carbocycles. The van der Waals surface area contributed by atoms with Crippen LogP contribution in [0.5, 0.6) is 0 Å². The van der Waals surface area contributed by atoms with E-state index in [0.717, 1.165) is 18.5 Å². The molecule has 18 heavy (non-hydrogen) atoms. The van der Waals surface area contributed by atoms with Gasteiger partial charge >= 0.3 is 6.18 Å². The Balaban J connectivity index is 1.73. The highest BCUT2D eigenvalue weighted by molar-refractivity contribution is 4.99. The molecule has 0 aliphatic heterocycles. The summed E-state index contributed by atoms with van der Waals surface area (Å²) in [7, 11) is 0. The normalized spacial score (nSPS) is 17.5. The molecule has 2 rings (SSSR count). The maximum atomic E-state index is 11.9. The molecule has 0 spiro atoms. The molecule has 1 fully saturated rings. The molecule has 1 aromatic heterocycles. The van der Waals surface area contributed by atoms with Crippen LogP contribution in [0.1, 0.15) is 43.8 Å². The number of nitrogens with zero attached hydrogens (tertiary/aromatic N) is 2. The van der Waals surface area contributed by atoms with E-state index in [4.69, 9.17) is 0 Å². The zero-order valence-corrected chi connectivity index (χ0v) is 10.2. The Morgan fingerprint density at radius 2 is 2.06 bits per heavy atom. The van der Waals surface area contributed by atoms with E-state index in [9.17, 15) is 13.2 Å². The first-order valence-electron chi connectivity index (χ1n) is 6.36. The molecule has 1 aromatic rings. The van der Waals surface area contributed by atoms with Crippen molar-refractivity contribution < 1.29 is 13.2 Å². The average molecular weight is 261 g/mol. The Labute approximate surface area is 104 Å². The number of halogens is 3. The fraction of sp³-hybridized carbons (Fsp3) is 0.750. The number of hydrogen-bond acceptors (Lipinski definition) is 2. The SMILES string of the molecule is FC(F)(F)CCNCc1ccn(C2CCCC2)n1. The Morgan fingerprint density at radius 1 is 1.33 bits per heavy atom. The summed E-state index contributed by atoms with van der Waals surface area (Å²) in [5, 5.41) is 7.17. The number of hydrogen-bond donors (Lipinski definition) is 1. The van der Waals surface area contributed by atoms with Crippen LogP contribution in [0.2, 0.25) is 0 Å². The molecule has 0 saturated heterocycles. The predicted molar refractivity (Wildman–Crippen MR) is 62.1 cm³/mol. The third-order valence-electron chi connectivity index (χ3n) is 3.25. The molecule has 0 atom stereocenters. The Hall–Kier alpha value is -1.04. The van der Waals surface area contributed by atoms with Gasteiger partial charge in [0, 0.05) is 19.3 Å². The molecule has 6 heteroatoms. The summed E-state index contributed by atoms with van der Waals surface area (Å²) in [6.45, 7) is 0.343. The second-order valence-corrected chi connectivity index (χ2v) is 4.77. The van der Waals surface area contributed by atoms with Crippen molar-refractivity contribution in [3.05, 3.63) is 18.0 Å². The van der Waals surface area contributed by atoms with Gasteiger partial charge in [0.25, 0.3) is 0 Å². The van der Waals surface area contributed by atoms with E-state index >= 15 is 0 Å². The summed E-state index contributed by atoms with van der Waals surface area (Å²) in [5.41, 5.74) is 0.809. The lowest BCUT2D eigenvalue weighted by atomic mass is 10.3. The van der Waals surface area contributed by atoms with Crippen molar-refractivity contribution in [1.82, 2.24) is 15.1 Å². The van der Waals surface area contributed by atoms with Gasteiger partial charge in [-0.2, -0.15) is 18.3 Å². The lowest BCUT2D eigenvalue weighted by molar-refractivity contribution is -0.133. The lowest BCUT2D eigenvalue weighted by Crippen LogP contribution is -2.21. The Bertz CT molecular complexity index is 367. The van der Waals surface area contributed by atoms with E-state index in [-0.39, 0.29) is 6.54 Å². The fourth-order valence-electron chi connectivity index (χ4n) is 2.29. The molecule has 1 aliphatic carbocycles. The predicted octanol–water partition coefficient (Wildman–Crippen LogP) is 3.04. The zero-order chi connectivity index (χ0) is 13.0. The number of rotatable bonds is 5. The first-order valence-corrected chi connectivity index (χ1v) is 6.36. The van der Waals surface area contributed by atoms with E-state index in [1.54, 1.807) is 0 Å². The number of nitrogens with one attached hydrogen (secondary N) is 1. The number of aromatic nitrogens is 2. The highest BCUT2D eigenvalue weighted by Gasteiger charge is 2.26. The third kappa shape index (κ3) is 4.01. The summed E-state index contributed by atoms with van der Waals surface area (Å²) >= 11 is 0. The molecule has 0 unspecified atom stereocenters. The average Bonchev–Trinajstić information content (AvgIpc) is 2.93. The van der Waals surface area contributed by atoms with Gasteiger partial charge in [0.15, 0.2) is 0 Å². The highest BCUT2D eigenvalue weighted by atomic mass is 19.4. The van der Waals surface area contributed by atoms with Crippen molar-refractivity contribution >= 4 is 0 Å². The molecule has 0 bridgehead atoms. The van der Waals surface area contributed by atoms with E-state index < -0.39 is 12.6 Å². The van der Waals surface area contributed by atoms with Gasteiger partial charge < -0.3 is 5.32 Å². The van der Waals surface area contributed by atoms with E-state index in [1.807, 2.05) is 16.9 Å². The fourth-order valence-corrected chi connectivity index (χ4v) is 2.29. The first-order chi connectivity index (χ1) is 8.54. The zero-order valence-electron chi connectivity index (χ0n) is 10.2. The maximum absolute atomic E-state index is 11.9. The minimum absolute atomic E-state index is 0.0558.